The molecule has 2 aromatic rings. The van der Waals surface area contributed by atoms with E-state index in [2.05, 4.69) is 44.5 Å². The summed E-state index contributed by atoms with van der Waals surface area (Å²) >= 11 is 0. The fourth-order valence-electron chi connectivity index (χ4n) is 2.46. The van der Waals surface area contributed by atoms with Gasteiger partial charge in [-0.25, -0.2) is 4.98 Å². The normalized spacial score (nSPS) is 18.1. The summed E-state index contributed by atoms with van der Waals surface area (Å²) < 4.78 is 5.11. The van der Waals surface area contributed by atoms with Crippen LogP contribution in [0.4, 0.5) is 11.6 Å². The number of hydrogen-bond acceptors (Lipinski definition) is 5. The molecule has 3 rings (SSSR count). The van der Waals surface area contributed by atoms with Crippen molar-refractivity contribution in [1.29, 1.82) is 0 Å². The maximum atomic E-state index is 5.11. The van der Waals surface area contributed by atoms with Crippen LogP contribution in [0.3, 0.4) is 0 Å². The van der Waals surface area contributed by atoms with Gasteiger partial charge in [0.2, 0.25) is 11.8 Å². The summed E-state index contributed by atoms with van der Waals surface area (Å²) in [5, 5.41) is 3.37. The number of methoxy groups -OCH3 is 1. The minimum absolute atomic E-state index is 0.363. The molecule has 0 saturated carbocycles. The van der Waals surface area contributed by atoms with Crippen LogP contribution in [0.2, 0.25) is 0 Å². The van der Waals surface area contributed by atoms with E-state index >= 15 is 0 Å². The van der Waals surface area contributed by atoms with E-state index in [0.29, 0.717) is 17.9 Å². The fraction of sp³-hybridized carbons (Fsp3) is 0.333. The Kier molecular flexibility index (Phi) is 3.67. The highest BCUT2D eigenvalue weighted by Crippen LogP contribution is 2.21. The maximum absolute atomic E-state index is 5.11. The number of rotatable bonds is 4. The van der Waals surface area contributed by atoms with E-state index in [9.17, 15) is 0 Å². The molecule has 0 radical (unpaired) electrons. The molecule has 5 heteroatoms. The Hall–Kier alpha value is -2.30. The van der Waals surface area contributed by atoms with Crippen molar-refractivity contribution >= 4 is 11.6 Å². The van der Waals surface area contributed by atoms with Gasteiger partial charge in [-0.2, -0.15) is 4.98 Å². The molecule has 1 aliphatic heterocycles. The second-order valence-electron chi connectivity index (χ2n) is 4.83. The lowest BCUT2D eigenvalue weighted by Gasteiger charge is -2.18. The molecule has 1 aromatic carbocycles. The predicted octanol–water partition coefficient (Wildman–Crippen LogP) is 2.18. The predicted molar refractivity (Wildman–Crippen MR) is 79.3 cm³/mol. The fourth-order valence-corrected chi connectivity index (χ4v) is 2.46. The van der Waals surface area contributed by atoms with Crippen molar-refractivity contribution in [2.24, 2.45) is 0 Å². The molecule has 20 heavy (non-hydrogen) atoms. The van der Waals surface area contributed by atoms with Crippen molar-refractivity contribution in [3.8, 4) is 5.88 Å². The zero-order valence-corrected chi connectivity index (χ0v) is 11.5. The van der Waals surface area contributed by atoms with E-state index in [1.54, 1.807) is 19.4 Å². The maximum Gasteiger partial charge on any atom is 0.226 e. The Morgan fingerprint density at radius 3 is 2.90 bits per heavy atom. The van der Waals surface area contributed by atoms with Gasteiger partial charge in [0.05, 0.1) is 7.11 Å². The van der Waals surface area contributed by atoms with Crippen LogP contribution in [0.5, 0.6) is 5.88 Å². The van der Waals surface area contributed by atoms with Crippen LogP contribution < -0.4 is 15.0 Å². The lowest BCUT2D eigenvalue weighted by atomic mass is 10.3. The molecule has 2 heterocycles. The Balaban J connectivity index is 1.63. The van der Waals surface area contributed by atoms with E-state index < -0.39 is 0 Å². The summed E-state index contributed by atoms with van der Waals surface area (Å²) in [5.74, 6) is 1.21. The van der Waals surface area contributed by atoms with Crippen molar-refractivity contribution in [2.45, 2.75) is 12.5 Å². The summed E-state index contributed by atoms with van der Waals surface area (Å²) in [6.45, 7) is 2.01. The highest BCUT2D eigenvalue weighted by Gasteiger charge is 2.23. The Morgan fingerprint density at radius 2 is 2.10 bits per heavy atom. The third-order valence-corrected chi connectivity index (χ3v) is 3.48. The van der Waals surface area contributed by atoms with E-state index in [4.69, 9.17) is 4.74 Å². The average molecular weight is 270 g/mol. The van der Waals surface area contributed by atoms with Gasteiger partial charge in [0, 0.05) is 37.1 Å². The number of nitrogens with zero attached hydrogens (tertiary/aromatic N) is 3. The average Bonchev–Trinajstić information content (AvgIpc) is 2.97. The number of para-hydroxylation sites is 1. The number of ether oxygens (including phenoxy) is 1. The van der Waals surface area contributed by atoms with Gasteiger partial charge in [-0.1, -0.05) is 18.2 Å². The largest absolute Gasteiger partial charge is 0.481 e. The molecule has 1 aromatic heterocycles. The Labute approximate surface area is 118 Å². The standard InChI is InChI=1S/C15H18N4O/c1-20-14-7-9-16-15(18-14)17-12-8-10-19(11-12)13-5-3-2-4-6-13/h2-7,9,12H,8,10-11H2,1H3,(H,16,17,18). The first-order chi connectivity index (χ1) is 9.85. The van der Waals surface area contributed by atoms with Crippen molar-refractivity contribution in [2.75, 3.05) is 30.4 Å². The number of benzene rings is 1. The second kappa shape index (κ2) is 5.77. The van der Waals surface area contributed by atoms with E-state index in [1.165, 1.54) is 5.69 Å². The SMILES string of the molecule is COc1ccnc(NC2CCN(c3ccccc3)C2)n1. The van der Waals surface area contributed by atoms with Crippen LogP contribution in [0.1, 0.15) is 6.42 Å². The molecule has 0 spiro atoms. The Bertz CT molecular complexity index is 561. The molecule has 0 amide bonds. The molecule has 1 atom stereocenters. The van der Waals surface area contributed by atoms with Crippen LogP contribution in [0, 0.1) is 0 Å². The molecule has 0 aliphatic carbocycles. The van der Waals surface area contributed by atoms with Crippen molar-refractivity contribution in [3.05, 3.63) is 42.6 Å². The summed E-state index contributed by atoms with van der Waals surface area (Å²) in [4.78, 5) is 10.9. The van der Waals surface area contributed by atoms with Gasteiger partial charge >= 0.3 is 0 Å². The Morgan fingerprint density at radius 1 is 1.25 bits per heavy atom. The minimum Gasteiger partial charge on any atom is -0.481 e. The number of aromatic nitrogens is 2. The molecular formula is C15H18N4O. The molecule has 5 nitrogen and oxygen atoms in total. The molecular weight excluding hydrogens is 252 g/mol. The van der Waals surface area contributed by atoms with Gasteiger partial charge in [0.15, 0.2) is 0 Å². The molecule has 1 fully saturated rings. The van der Waals surface area contributed by atoms with Gasteiger partial charge in [0.1, 0.15) is 0 Å². The van der Waals surface area contributed by atoms with Crippen molar-refractivity contribution in [3.63, 3.8) is 0 Å². The third-order valence-electron chi connectivity index (χ3n) is 3.48. The van der Waals surface area contributed by atoms with Crippen LogP contribution >= 0.6 is 0 Å². The van der Waals surface area contributed by atoms with E-state index in [-0.39, 0.29) is 0 Å². The van der Waals surface area contributed by atoms with Gasteiger partial charge in [-0.15, -0.1) is 0 Å². The van der Waals surface area contributed by atoms with Gasteiger partial charge in [-0.05, 0) is 18.6 Å². The van der Waals surface area contributed by atoms with Crippen molar-refractivity contribution in [1.82, 2.24) is 9.97 Å². The summed E-state index contributed by atoms with van der Waals surface area (Å²) in [5.41, 5.74) is 1.27. The number of anilines is 2. The molecule has 1 unspecified atom stereocenters. The van der Waals surface area contributed by atoms with Gasteiger partial charge in [0.25, 0.3) is 0 Å². The third kappa shape index (κ3) is 2.82. The van der Waals surface area contributed by atoms with E-state index in [0.717, 1.165) is 19.5 Å². The smallest absolute Gasteiger partial charge is 0.226 e. The minimum atomic E-state index is 0.363. The molecule has 1 saturated heterocycles. The summed E-state index contributed by atoms with van der Waals surface area (Å²) in [7, 11) is 1.61. The zero-order chi connectivity index (χ0) is 13.8. The lowest BCUT2D eigenvalue weighted by molar-refractivity contribution is 0.397. The van der Waals surface area contributed by atoms with Gasteiger partial charge in [-0.3, -0.25) is 0 Å². The second-order valence-corrected chi connectivity index (χ2v) is 4.83. The first kappa shape index (κ1) is 12.7. The zero-order valence-electron chi connectivity index (χ0n) is 11.5. The quantitative estimate of drug-likeness (QED) is 0.922. The molecule has 0 bridgehead atoms. The highest BCUT2D eigenvalue weighted by molar-refractivity contribution is 5.48. The van der Waals surface area contributed by atoms with Gasteiger partial charge < -0.3 is 15.0 Å². The molecule has 1 N–H and O–H groups in total. The van der Waals surface area contributed by atoms with Crippen molar-refractivity contribution < 1.29 is 4.74 Å². The monoisotopic (exact) mass is 270 g/mol. The summed E-state index contributed by atoms with van der Waals surface area (Å²) in [6, 6.07) is 12.6. The number of hydrogen-bond donors (Lipinski definition) is 1. The van der Waals surface area contributed by atoms with Crippen LogP contribution in [-0.2, 0) is 0 Å². The van der Waals surface area contributed by atoms with E-state index in [1.807, 2.05) is 6.07 Å². The first-order valence-corrected chi connectivity index (χ1v) is 6.79. The van der Waals surface area contributed by atoms with Crippen LogP contribution in [0.25, 0.3) is 0 Å². The molecule has 104 valence electrons. The summed E-state index contributed by atoms with van der Waals surface area (Å²) in [6.07, 6.45) is 2.79. The topological polar surface area (TPSA) is 50.3 Å². The lowest BCUT2D eigenvalue weighted by Crippen LogP contribution is -2.26. The molecule has 1 aliphatic rings. The van der Waals surface area contributed by atoms with Crippen LogP contribution in [-0.4, -0.2) is 36.2 Å². The first-order valence-electron chi connectivity index (χ1n) is 6.79. The number of nitrogens with one attached hydrogen (secondary N) is 1. The van der Waals surface area contributed by atoms with Crippen LogP contribution in [0.15, 0.2) is 42.6 Å². The highest BCUT2D eigenvalue weighted by atomic mass is 16.5.